The fraction of sp³-hybridized carbons (Fsp3) is 0.333. The van der Waals surface area contributed by atoms with Crippen LogP contribution in [0.1, 0.15) is 12.0 Å². The smallest absolute Gasteiger partial charge is 0.191 e. The van der Waals surface area contributed by atoms with E-state index in [0.717, 1.165) is 43.3 Å². The molecule has 2 aromatic rings. The maximum absolute atomic E-state index is 4.56. The average Bonchev–Trinajstić information content (AvgIpc) is 2.88. The predicted octanol–water partition coefficient (Wildman–Crippen LogP) is 1.53. The van der Waals surface area contributed by atoms with Gasteiger partial charge in [0.25, 0.3) is 0 Å². The van der Waals surface area contributed by atoms with Crippen molar-refractivity contribution >= 4 is 5.96 Å². The van der Waals surface area contributed by atoms with Gasteiger partial charge in [0.1, 0.15) is 0 Å². The number of benzene rings is 1. The van der Waals surface area contributed by atoms with Gasteiger partial charge in [0, 0.05) is 44.0 Å². The van der Waals surface area contributed by atoms with Gasteiger partial charge in [-0.25, -0.2) is 0 Å². The SMILES string of the molecule is Cn1cc(CNC2=NCCCN2)c(-c2ccccc2)n1. The molecule has 20 heavy (non-hydrogen) atoms. The summed E-state index contributed by atoms with van der Waals surface area (Å²) >= 11 is 0. The summed E-state index contributed by atoms with van der Waals surface area (Å²) < 4.78 is 1.86. The minimum Gasteiger partial charge on any atom is -0.356 e. The Labute approximate surface area is 118 Å². The Morgan fingerprint density at radius 1 is 1.30 bits per heavy atom. The van der Waals surface area contributed by atoms with E-state index < -0.39 is 0 Å². The Morgan fingerprint density at radius 3 is 2.90 bits per heavy atom. The van der Waals surface area contributed by atoms with Crippen LogP contribution in [0.3, 0.4) is 0 Å². The lowest BCUT2D eigenvalue weighted by molar-refractivity contribution is 0.701. The van der Waals surface area contributed by atoms with E-state index in [-0.39, 0.29) is 0 Å². The minimum absolute atomic E-state index is 0.726. The summed E-state index contributed by atoms with van der Waals surface area (Å²) in [7, 11) is 1.95. The number of aliphatic imine (C=N–C) groups is 1. The van der Waals surface area contributed by atoms with Gasteiger partial charge < -0.3 is 10.6 Å². The zero-order chi connectivity index (χ0) is 13.8. The first kappa shape index (κ1) is 12.7. The highest BCUT2D eigenvalue weighted by atomic mass is 15.3. The lowest BCUT2D eigenvalue weighted by atomic mass is 10.1. The Kier molecular flexibility index (Phi) is 3.67. The van der Waals surface area contributed by atoms with Gasteiger partial charge in [-0.05, 0) is 6.42 Å². The molecule has 0 saturated carbocycles. The molecular formula is C15H19N5. The average molecular weight is 269 g/mol. The molecule has 1 aromatic carbocycles. The van der Waals surface area contributed by atoms with Crippen LogP contribution in [0.2, 0.25) is 0 Å². The number of aromatic nitrogens is 2. The van der Waals surface area contributed by atoms with Gasteiger partial charge in [-0.3, -0.25) is 9.67 Å². The Hall–Kier alpha value is -2.30. The standard InChI is InChI=1S/C15H19N5/c1-20-11-13(10-18-15-16-8-5-9-17-15)14(19-20)12-6-3-2-4-7-12/h2-4,6-7,11H,5,8-10H2,1H3,(H2,16,17,18). The number of guanidine groups is 1. The van der Waals surface area contributed by atoms with Crippen molar-refractivity contribution in [2.45, 2.75) is 13.0 Å². The second-order valence-corrected chi connectivity index (χ2v) is 4.91. The lowest BCUT2D eigenvalue weighted by Gasteiger charge is -2.15. The molecule has 0 amide bonds. The van der Waals surface area contributed by atoms with Crippen molar-refractivity contribution < 1.29 is 0 Å². The number of nitrogens with zero attached hydrogens (tertiary/aromatic N) is 3. The number of rotatable bonds is 3. The van der Waals surface area contributed by atoms with Crippen molar-refractivity contribution in [3.05, 3.63) is 42.1 Å². The molecule has 1 aromatic heterocycles. The molecule has 0 bridgehead atoms. The molecule has 0 radical (unpaired) electrons. The Morgan fingerprint density at radius 2 is 2.15 bits per heavy atom. The summed E-state index contributed by atoms with van der Waals surface area (Å²) in [5.41, 5.74) is 3.34. The quantitative estimate of drug-likeness (QED) is 0.888. The molecule has 104 valence electrons. The second kappa shape index (κ2) is 5.77. The predicted molar refractivity (Wildman–Crippen MR) is 80.4 cm³/mol. The van der Waals surface area contributed by atoms with E-state index in [1.54, 1.807) is 0 Å². The van der Waals surface area contributed by atoms with Crippen molar-refractivity contribution in [2.75, 3.05) is 13.1 Å². The van der Waals surface area contributed by atoms with Crippen molar-refractivity contribution in [2.24, 2.45) is 12.0 Å². The topological polar surface area (TPSA) is 54.2 Å². The van der Waals surface area contributed by atoms with E-state index in [4.69, 9.17) is 0 Å². The largest absolute Gasteiger partial charge is 0.356 e. The van der Waals surface area contributed by atoms with E-state index in [2.05, 4.69) is 39.1 Å². The van der Waals surface area contributed by atoms with Crippen LogP contribution in [0, 0.1) is 0 Å². The zero-order valence-electron chi connectivity index (χ0n) is 11.6. The van der Waals surface area contributed by atoms with Crippen LogP contribution in [0.25, 0.3) is 11.3 Å². The molecule has 3 rings (SSSR count). The van der Waals surface area contributed by atoms with Crippen LogP contribution >= 0.6 is 0 Å². The van der Waals surface area contributed by atoms with Crippen molar-refractivity contribution in [1.29, 1.82) is 0 Å². The van der Waals surface area contributed by atoms with Crippen molar-refractivity contribution in [3.63, 3.8) is 0 Å². The highest BCUT2D eigenvalue weighted by Crippen LogP contribution is 2.21. The molecule has 1 aliphatic rings. The number of hydrogen-bond acceptors (Lipinski definition) is 4. The van der Waals surface area contributed by atoms with Gasteiger partial charge in [0.15, 0.2) is 5.96 Å². The molecule has 5 nitrogen and oxygen atoms in total. The number of aryl methyl sites for hydroxylation is 1. The number of hydrogen-bond donors (Lipinski definition) is 2. The third-order valence-electron chi connectivity index (χ3n) is 3.30. The van der Waals surface area contributed by atoms with Gasteiger partial charge in [0.2, 0.25) is 0 Å². The first-order valence-electron chi connectivity index (χ1n) is 6.93. The van der Waals surface area contributed by atoms with Crippen LogP contribution in [0.15, 0.2) is 41.5 Å². The summed E-state index contributed by atoms with van der Waals surface area (Å²) in [4.78, 5) is 4.42. The summed E-state index contributed by atoms with van der Waals surface area (Å²) in [5.74, 6) is 0.888. The van der Waals surface area contributed by atoms with Gasteiger partial charge in [0.05, 0.1) is 5.69 Å². The third kappa shape index (κ3) is 2.82. The molecule has 0 atom stereocenters. The lowest BCUT2D eigenvalue weighted by Crippen LogP contribution is -2.40. The van der Waals surface area contributed by atoms with Crippen LogP contribution < -0.4 is 10.6 Å². The Bertz CT molecular complexity index is 600. The van der Waals surface area contributed by atoms with Crippen LogP contribution in [0.4, 0.5) is 0 Å². The Balaban J connectivity index is 1.78. The van der Waals surface area contributed by atoms with Crippen molar-refractivity contribution in [3.8, 4) is 11.3 Å². The van der Waals surface area contributed by atoms with E-state index in [9.17, 15) is 0 Å². The molecule has 0 aliphatic carbocycles. The van der Waals surface area contributed by atoms with Crippen LogP contribution in [0.5, 0.6) is 0 Å². The molecule has 5 heteroatoms. The van der Waals surface area contributed by atoms with Gasteiger partial charge >= 0.3 is 0 Å². The monoisotopic (exact) mass is 269 g/mol. The summed E-state index contributed by atoms with van der Waals surface area (Å²) in [6.07, 6.45) is 3.16. The van der Waals surface area contributed by atoms with Gasteiger partial charge in [-0.1, -0.05) is 30.3 Å². The maximum Gasteiger partial charge on any atom is 0.191 e. The molecule has 2 heterocycles. The summed E-state index contributed by atoms with van der Waals surface area (Å²) in [6, 6.07) is 10.3. The fourth-order valence-electron chi connectivity index (χ4n) is 2.34. The summed E-state index contributed by atoms with van der Waals surface area (Å²) in [5, 5.41) is 11.2. The fourth-order valence-corrected chi connectivity index (χ4v) is 2.34. The van der Waals surface area contributed by atoms with Gasteiger partial charge in [-0.2, -0.15) is 5.10 Å². The van der Waals surface area contributed by atoms with E-state index >= 15 is 0 Å². The summed E-state index contributed by atoms with van der Waals surface area (Å²) in [6.45, 7) is 2.61. The number of nitrogens with one attached hydrogen (secondary N) is 2. The van der Waals surface area contributed by atoms with E-state index in [1.807, 2.05) is 29.9 Å². The van der Waals surface area contributed by atoms with E-state index in [0.29, 0.717) is 0 Å². The molecule has 2 N–H and O–H groups in total. The highest BCUT2D eigenvalue weighted by Gasteiger charge is 2.11. The third-order valence-corrected chi connectivity index (χ3v) is 3.30. The minimum atomic E-state index is 0.726. The highest BCUT2D eigenvalue weighted by molar-refractivity contribution is 5.80. The molecule has 0 saturated heterocycles. The van der Waals surface area contributed by atoms with Gasteiger partial charge in [-0.15, -0.1) is 0 Å². The van der Waals surface area contributed by atoms with Crippen LogP contribution in [-0.2, 0) is 13.6 Å². The molecule has 0 spiro atoms. The second-order valence-electron chi connectivity index (χ2n) is 4.91. The molecule has 0 fully saturated rings. The maximum atomic E-state index is 4.56. The molecule has 0 unspecified atom stereocenters. The molecule has 1 aliphatic heterocycles. The normalized spacial score (nSPS) is 14.6. The van der Waals surface area contributed by atoms with Crippen LogP contribution in [-0.4, -0.2) is 28.8 Å². The zero-order valence-corrected chi connectivity index (χ0v) is 11.6. The molecular weight excluding hydrogens is 250 g/mol. The first-order chi connectivity index (χ1) is 9.83. The van der Waals surface area contributed by atoms with Crippen molar-refractivity contribution in [1.82, 2.24) is 20.4 Å². The van der Waals surface area contributed by atoms with E-state index in [1.165, 1.54) is 5.56 Å². The first-order valence-corrected chi connectivity index (χ1v) is 6.93.